The Balaban J connectivity index is 2.00. The summed E-state index contributed by atoms with van der Waals surface area (Å²) in [6.07, 6.45) is -2.62. The van der Waals surface area contributed by atoms with Crippen LogP contribution in [0.5, 0.6) is 0 Å². The van der Waals surface area contributed by atoms with E-state index in [0.29, 0.717) is 11.8 Å². The number of hydrogen-bond acceptors (Lipinski definition) is 5. The van der Waals surface area contributed by atoms with Crippen molar-refractivity contribution < 1.29 is 23.5 Å². The summed E-state index contributed by atoms with van der Waals surface area (Å²) in [5.74, 6) is -1.30. The third-order valence-electron chi connectivity index (χ3n) is 3.47. The SMILES string of the molecule is N=C[C@@H](F)C(OC(=O)c1ccccc1)[C@@H](Br)COC(=O)c1ccccc1. The van der Waals surface area contributed by atoms with Gasteiger partial charge in [0.15, 0.2) is 12.3 Å². The van der Waals surface area contributed by atoms with Gasteiger partial charge in [0.05, 0.1) is 16.0 Å². The average molecular weight is 422 g/mol. The van der Waals surface area contributed by atoms with Gasteiger partial charge >= 0.3 is 11.9 Å². The normalized spacial score (nSPS) is 13.9. The van der Waals surface area contributed by atoms with Crippen molar-refractivity contribution in [1.82, 2.24) is 0 Å². The van der Waals surface area contributed by atoms with E-state index in [4.69, 9.17) is 14.9 Å². The highest BCUT2D eigenvalue weighted by molar-refractivity contribution is 9.09. The fraction of sp³-hybridized carbons (Fsp3) is 0.211. The molecule has 0 aliphatic heterocycles. The molecule has 0 amide bonds. The Morgan fingerprint density at radius 2 is 1.50 bits per heavy atom. The van der Waals surface area contributed by atoms with Crippen LogP contribution in [0.3, 0.4) is 0 Å². The second-order valence-corrected chi connectivity index (χ2v) is 6.50. The summed E-state index contributed by atoms with van der Waals surface area (Å²) in [5.41, 5.74) is 0.615. The molecule has 0 aromatic heterocycles. The lowest BCUT2D eigenvalue weighted by Gasteiger charge is -2.24. The maximum atomic E-state index is 14.1. The van der Waals surface area contributed by atoms with Crippen LogP contribution in [0, 0.1) is 5.41 Å². The lowest BCUT2D eigenvalue weighted by molar-refractivity contribution is 0.00882. The minimum absolute atomic E-state index is 0.227. The van der Waals surface area contributed by atoms with E-state index in [-0.39, 0.29) is 12.2 Å². The van der Waals surface area contributed by atoms with E-state index >= 15 is 0 Å². The summed E-state index contributed by atoms with van der Waals surface area (Å²) in [7, 11) is 0. The third-order valence-corrected chi connectivity index (χ3v) is 4.25. The molecular weight excluding hydrogens is 405 g/mol. The van der Waals surface area contributed by atoms with Crippen LogP contribution >= 0.6 is 15.9 Å². The van der Waals surface area contributed by atoms with E-state index < -0.39 is 29.0 Å². The fourth-order valence-corrected chi connectivity index (χ4v) is 2.64. The van der Waals surface area contributed by atoms with Crippen LogP contribution in [-0.2, 0) is 9.47 Å². The molecule has 26 heavy (non-hydrogen) atoms. The van der Waals surface area contributed by atoms with Gasteiger partial charge in [-0.25, -0.2) is 14.0 Å². The third kappa shape index (κ3) is 5.49. The second-order valence-electron chi connectivity index (χ2n) is 5.33. The Hall–Kier alpha value is -2.54. The Morgan fingerprint density at radius 1 is 1.00 bits per heavy atom. The molecule has 0 aliphatic rings. The van der Waals surface area contributed by atoms with Crippen molar-refractivity contribution in [3.05, 3.63) is 71.8 Å². The van der Waals surface area contributed by atoms with Gasteiger partial charge in [-0.2, -0.15) is 0 Å². The first-order valence-electron chi connectivity index (χ1n) is 7.80. The Labute approximate surface area is 158 Å². The van der Waals surface area contributed by atoms with Crippen molar-refractivity contribution in [2.45, 2.75) is 17.1 Å². The van der Waals surface area contributed by atoms with Crippen molar-refractivity contribution in [1.29, 1.82) is 5.41 Å². The molecular formula is C19H17BrFNO4. The first kappa shape index (κ1) is 19.8. The zero-order chi connectivity index (χ0) is 18.9. The molecule has 2 rings (SSSR count). The summed E-state index contributed by atoms with van der Waals surface area (Å²) in [5, 5.41) is 7.11. The van der Waals surface area contributed by atoms with Crippen LogP contribution in [0.4, 0.5) is 4.39 Å². The van der Waals surface area contributed by atoms with Gasteiger partial charge in [0, 0.05) is 6.21 Å². The van der Waals surface area contributed by atoms with Crippen LogP contribution in [0.2, 0.25) is 0 Å². The van der Waals surface area contributed by atoms with Crippen molar-refractivity contribution in [3.63, 3.8) is 0 Å². The molecule has 0 saturated heterocycles. The molecule has 0 radical (unpaired) electrons. The number of nitrogens with one attached hydrogen (secondary N) is 1. The molecule has 0 aliphatic carbocycles. The lowest BCUT2D eigenvalue weighted by atomic mass is 10.1. The molecule has 0 fully saturated rings. The highest BCUT2D eigenvalue weighted by atomic mass is 79.9. The second kappa shape index (κ2) is 9.82. The van der Waals surface area contributed by atoms with E-state index in [9.17, 15) is 14.0 Å². The van der Waals surface area contributed by atoms with Gasteiger partial charge < -0.3 is 14.9 Å². The Kier molecular flexibility index (Phi) is 7.47. The number of alkyl halides is 2. The van der Waals surface area contributed by atoms with Crippen LogP contribution in [0.15, 0.2) is 60.7 Å². The Bertz CT molecular complexity index is 742. The average Bonchev–Trinajstić information content (AvgIpc) is 2.70. The topological polar surface area (TPSA) is 76.4 Å². The predicted molar refractivity (Wildman–Crippen MR) is 98.8 cm³/mol. The Morgan fingerprint density at radius 3 is 2.00 bits per heavy atom. The fourth-order valence-electron chi connectivity index (χ4n) is 2.11. The molecule has 0 bridgehead atoms. The summed E-state index contributed by atoms with van der Waals surface area (Å²) in [4.78, 5) is 23.3. The van der Waals surface area contributed by atoms with Gasteiger partial charge in [0.25, 0.3) is 0 Å². The monoisotopic (exact) mass is 421 g/mol. The van der Waals surface area contributed by atoms with Crippen molar-refractivity contribution >= 4 is 34.1 Å². The number of esters is 2. The lowest BCUT2D eigenvalue weighted by Crippen LogP contribution is -2.39. The van der Waals surface area contributed by atoms with E-state index in [1.54, 1.807) is 48.5 Å². The standard InChI is InChI=1S/C19H17BrFNO4/c20-15(12-25-18(23)13-7-3-1-4-8-13)17(16(21)11-22)26-19(24)14-9-5-2-6-10-14/h1-11,15-17,22H,12H2/t15-,16+,17?/m0/s1. The van der Waals surface area contributed by atoms with Crippen LogP contribution < -0.4 is 0 Å². The van der Waals surface area contributed by atoms with Gasteiger partial charge in [0.1, 0.15) is 6.61 Å². The number of ether oxygens (including phenoxy) is 2. The van der Waals surface area contributed by atoms with Gasteiger partial charge in [-0.05, 0) is 24.3 Å². The molecule has 5 nitrogen and oxygen atoms in total. The number of halogens is 2. The molecule has 136 valence electrons. The van der Waals surface area contributed by atoms with Gasteiger partial charge in [-0.3, -0.25) is 0 Å². The number of carbonyl (C=O) groups excluding carboxylic acids is 2. The summed E-state index contributed by atoms with van der Waals surface area (Å²) in [6.45, 7) is -0.227. The van der Waals surface area contributed by atoms with E-state index in [1.807, 2.05) is 0 Å². The van der Waals surface area contributed by atoms with Crippen molar-refractivity contribution in [2.75, 3.05) is 6.61 Å². The van der Waals surface area contributed by atoms with Crippen molar-refractivity contribution in [2.24, 2.45) is 0 Å². The van der Waals surface area contributed by atoms with Gasteiger partial charge in [0.2, 0.25) is 0 Å². The zero-order valence-electron chi connectivity index (χ0n) is 13.7. The van der Waals surface area contributed by atoms with E-state index in [0.717, 1.165) is 0 Å². The summed E-state index contributed by atoms with van der Waals surface area (Å²) < 4.78 is 24.4. The highest BCUT2D eigenvalue weighted by Crippen LogP contribution is 2.18. The molecule has 2 aromatic carbocycles. The number of benzene rings is 2. The number of hydrogen-bond donors (Lipinski definition) is 1. The molecule has 7 heteroatoms. The van der Waals surface area contributed by atoms with Crippen LogP contribution in [-0.4, -0.2) is 41.9 Å². The highest BCUT2D eigenvalue weighted by Gasteiger charge is 2.32. The molecule has 2 aromatic rings. The first-order valence-corrected chi connectivity index (χ1v) is 8.71. The summed E-state index contributed by atoms with van der Waals surface area (Å²) in [6, 6.07) is 16.5. The maximum absolute atomic E-state index is 14.1. The number of carbonyl (C=O) groups is 2. The van der Waals surface area contributed by atoms with Gasteiger partial charge in [-0.1, -0.05) is 52.3 Å². The zero-order valence-corrected chi connectivity index (χ0v) is 15.3. The van der Waals surface area contributed by atoms with Crippen LogP contribution in [0.25, 0.3) is 0 Å². The minimum Gasteiger partial charge on any atom is -0.461 e. The largest absolute Gasteiger partial charge is 0.461 e. The quantitative estimate of drug-likeness (QED) is 0.399. The molecule has 0 saturated carbocycles. The molecule has 1 unspecified atom stereocenters. The van der Waals surface area contributed by atoms with E-state index in [1.165, 1.54) is 12.1 Å². The van der Waals surface area contributed by atoms with Crippen molar-refractivity contribution in [3.8, 4) is 0 Å². The number of rotatable bonds is 8. The van der Waals surface area contributed by atoms with E-state index in [2.05, 4.69) is 15.9 Å². The summed E-state index contributed by atoms with van der Waals surface area (Å²) >= 11 is 3.19. The van der Waals surface area contributed by atoms with Gasteiger partial charge in [-0.15, -0.1) is 0 Å². The molecule has 3 atom stereocenters. The molecule has 0 heterocycles. The first-order chi connectivity index (χ1) is 12.5. The maximum Gasteiger partial charge on any atom is 0.338 e. The molecule has 0 spiro atoms. The molecule has 1 N–H and O–H groups in total. The minimum atomic E-state index is -1.84. The predicted octanol–water partition coefficient (Wildman–Crippen LogP) is 3.82. The smallest absolute Gasteiger partial charge is 0.338 e. The van der Waals surface area contributed by atoms with Crippen LogP contribution in [0.1, 0.15) is 20.7 Å².